The second-order valence-corrected chi connectivity index (χ2v) is 5.20. The average Bonchev–Trinajstić information content (AvgIpc) is 2.16. The van der Waals surface area contributed by atoms with Crippen LogP contribution in [0, 0.1) is 5.92 Å². The van der Waals surface area contributed by atoms with Gasteiger partial charge >= 0.3 is 5.97 Å². The van der Waals surface area contributed by atoms with Gasteiger partial charge in [0.15, 0.2) is 0 Å². The summed E-state index contributed by atoms with van der Waals surface area (Å²) >= 11 is 0. The van der Waals surface area contributed by atoms with Crippen molar-refractivity contribution in [3.63, 3.8) is 0 Å². The summed E-state index contributed by atoms with van der Waals surface area (Å²) in [7, 11) is 4.02. The molecular weight excluding hydrogens is 202 g/mol. The molecule has 0 aromatic carbocycles. The maximum atomic E-state index is 11.7. The number of esters is 1. The average molecular weight is 229 g/mol. The van der Waals surface area contributed by atoms with E-state index >= 15 is 0 Å². The molecule has 3 heteroatoms. The maximum Gasteiger partial charge on any atom is 0.306 e. The minimum atomic E-state index is -0.310. The normalized spacial score (nSPS) is 15.2. The van der Waals surface area contributed by atoms with Gasteiger partial charge in [-0.2, -0.15) is 0 Å². The van der Waals surface area contributed by atoms with Crippen LogP contribution in [-0.2, 0) is 9.53 Å². The number of ether oxygens (including phenoxy) is 1. The minimum absolute atomic E-state index is 0.0695. The lowest BCUT2D eigenvalue weighted by Gasteiger charge is -2.32. The van der Waals surface area contributed by atoms with Crippen molar-refractivity contribution in [3.05, 3.63) is 0 Å². The highest BCUT2D eigenvalue weighted by molar-refractivity contribution is 5.69. The first-order valence-electron chi connectivity index (χ1n) is 6.18. The smallest absolute Gasteiger partial charge is 0.306 e. The highest BCUT2D eigenvalue weighted by atomic mass is 16.6. The highest BCUT2D eigenvalue weighted by Crippen LogP contribution is 2.25. The largest absolute Gasteiger partial charge is 0.459 e. The van der Waals surface area contributed by atoms with Gasteiger partial charge in [0, 0.05) is 6.42 Å². The molecule has 1 atom stereocenters. The Morgan fingerprint density at radius 2 is 1.94 bits per heavy atom. The lowest BCUT2D eigenvalue weighted by Crippen LogP contribution is -2.36. The highest BCUT2D eigenvalue weighted by Gasteiger charge is 2.30. The van der Waals surface area contributed by atoms with Crippen molar-refractivity contribution < 1.29 is 9.53 Å². The van der Waals surface area contributed by atoms with Crippen LogP contribution < -0.4 is 0 Å². The van der Waals surface area contributed by atoms with Crippen LogP contribution in [0.15, 0.2) is 0 Å². The van der Waals surface area contributed by atoms with Crippen molar-refractivity contribution in [3.8, 4) is 0 Å². The molecule has 0 aliphatic carbocycles. The first-order chi connectivity index (χ1) is 7.31. The van der Waals surface area contributed by atoms with E-state index in [9.17, 15) is 4.79 Å². The fourth-order valence-electron chi connectivity index (χ4n) is 1.45. The molecule has 3 nitrogen and oxygen atoms in total. The number of rotatable bonds is 7. The predicted octanol–water partition coefficient (Wildman–Crippen LogP) is 2.70. The van der Waals surface area contributed by atoms with Crippen LogP contribution in [0.4, 0.5) is 0 Å². The van der Waals surface area contributed by atoms with Crippen LogP contribution in [0.5, 0.6) is 0 Å². The van der Waals surface area contributed by atoms with E-state index in [1.54, 1.807) is 0 Å². The molecule has 0 rings (SSSR count). The molecule has 0 amide bonds. The summed E-state index contributed by atoms with van der Waals surface area (Å²) in [5.74, 6) is 0.287. The lowest BCUT2D eigenvalue weighted by atomic mass is 9.89. The Balaban J connectivity index is 4.02. The summed E-state index contributed by atoms with van der Waals surface area (Å²) in [4.78, 5) is 13.7. The van der Waals surface area contributed by atoms with E-state index in [0.717, 1.165) is 19.4 Å². The summed E-state index contributed by atoms with van der Waals surface area (Å²) in [6.07, 6.45) is 2.24. The second-order valence-electron chi connectivity index (χ2n) is 5.20. The summed E-state index contributed by atoms with van der Waals surface area (Å²) in [5, 5.41) is 0. The first-order valence-corrected chi connectivity index (χ1v) is 6.18. The van der Waals surface area contributed by atoms with E-state index in [1.165, 1.54) is 0 Å². The van der Waals surface area contributed by atoms with Gasteiger partial charge in [0.05, 0.1) is 0 Å². The number of nitrogens with zero attached hydrogens (tertiary/aromatic N) is 1. The van der Waals surface area contributed by atoms with E-state index in [0.29, 0.717) is 12.3 Å². The van der Waals surface area contributed by atoms with Crippen LogP contribution >= 0.6 is 0 Å². The molecule has 0 bridgehead atoms. The maximum absolute atomic E-state index is 11.7. The Bertz CT molecular complexity index is 214. The Morgan fingerprint density at radius 3 is 2.31 bits per heavy atom. The number of hydrogen-bond acceptors (Lipinski definition) is 3. The van der Waals surface area contributed by atoms with E-state index in [2.05, 4.69) is 25.7 Å². The zero-order valence-corrected chi connectivity index (χ0v) is 11.7. The molecule has 0 aliphatic rings. The summed E-state index contributed by atoms with van der Waals surface area (Å²) in [6, 6.07) is 0. The third-order valence-electron chi connectivity index (χ3n) is 3.26. The number of hydrogen-bond donors (Lipinski definition) is 0. The van der Waals surface area contributed by atoms with Crippen molar-refractivity contribution in [1.82, 2.24) is 4.90 Å². The van der Waals surface area contributed by atoms with Gasteiger partial charge in [-0.05, 0) is 46.3 Å². The van der Waals surface area contributed by atoms with Crippen LogP contribution in [0.3, 0.4) is 0 Å². The number of carbonyl (C=O) groups is 1. The van der Waals surface area contributed by atoms with Gasteiger partial charge in [0.25, 0.3) is 0 Å². The Morgan fingerprint density at radius 1 is 1.38 bits per heavy atom. The zero-order valence-electron chi connectivity index (χ0n) is 11.7. The molecule has 0 heterocycles. The molecule has 0 radical (unpaired) electrons. The molecule has 96 valence electrons. The first kappa shape index (κ1) is 15.4. The SMILES string of the molecule is CCC(C)(OC(=O)CCCN(C)C)C(C)C. The van der Waals surface area contributed by atoms with Crippen LogP contribution in [0.25, 0.3) is 0 Å². The molecular formula is C13H27NO2. The molecule has 0 saturated heterocycles. The molecule has 0 aromatic rings. The molecule has 0 saturated carbocycles. The summed E-state index contributed by atoms with van der Waals surface area (Å²) < 4.78 is 5.57. The second kappa shape index (κ2) is 6.89. The van der Waals surface area contributed by atoms with Gasteiger partial charge in [0.1, 0.15) is 5.60 Å². The van der Waals surface area contributed by atoms with E-state index in [-0.39, 0.29) is 11.6 Å². The molecule has 0 spiro atoms. The van der Waals surface area contributed by atoms with Crippen molar-refractivity contribution in [2.45, 2.75) is 52.6 Å². The Kier molecular flexibility index (Phi) is 6.65. The van der Waals surface area contributed by atoms with E-state index in [4.69, 9.17) is 4.74 Å². The Labute approximate surface area is 100 Å². The fraction of sp³-hybridized carbons (Fsp3) is 0.923. The molecule has 0 N–H and O–H groups in total. The topological polar surface area (TPSA) is 29.5 Å². The lowest BCUT2D eigenvalue weighted by molar-refractivity contribution is -0.163. The van der Waals surface area contributed by atoms with Crippen LogP contribution in [0.1, 0.15) is 47.0 Å². The fourth-order valence-corrected chi connectivity index (χ4v) is 1.45. The minimum Gasteiger partial charge on any atom is -0.459 e. The Hall–Kier alpha value is -0.570. The van der Waals surface area contributed by atoms with Gasteiger partial charge in [-0.25, -0.2) is 0 Å². The van der Waals surface area contributed by atoms with Crippen molar-refractivity contribution in [2.75, 3.05) is 20.6 Å². The van der Waals surface area contributed by atoms with Crippen molar-refractivity contribution in [2.24, 2.45) is 5.92 Å². The summed E-state index contributed by atoms with van der Waals surface area (Å²) in [5.41, 5.74) is -0.310. The standard InChI is InChI=1S/C13H27NO2/c1-7-13(4,11(2)3)16-12(15)9-8-10-14(5)6/h11H,7-10H2,1-6H3. The predicted molar refractivity (Wildman–Crippen MR) is 67.4 cm³/mol. The van der Waals surface area contributed by atoms with Gasteiger partial charge in [-0.1, -0.05) is 20.8 Å². The van der Waals surface area contributed by atoms with E-state index < -0.39 is 0 Å². The monoisotopic (exact) mass is 229 g/mol. The van der Waals surface area contributed by atoms with E-state index in [1.807, 2.05) is 21.0 Å². The zero-order chi connectivity index (χ0) is 12.8. The molecule has 0 aromatic heterocycles. The van der Waals surface area contributed by atoms with Crippen molar-refractivity contribution in [1.29, 1.82) is 0 Å². The number of carbonyl (C=O) groups excluding carboxylic acids is 1. The van der Waals surface area contributed by atoms with Gasteiger partial charge in [-0.15, -0.1) is 0 Å². The third kappa shape index (κ3) is 5.50. The van der Waals surface area contributed by atoms with Crippen LogP contribution in [-0.4, -0.2) is 37.1 Å². The summed E-state index contributed by atoms with van der Waals surface area (Å²) in [6.45, 7) is 9.20. The van der Waals surface area contributed by atoms with Crippen LogP contribution in [0.2, 0.25) is 0 Å². The van der Waals surface area contributed by atoms with Gasteiger partial charge < -0.3 is 9.64 Å². The third-order valence-corrected chi connectivity index (χ3v) is 3.26. The molecule has 16 heavy (non-hydrogen) atoms. The van der Waals surface area contributed by atoms with Gasteiger partial charge in [-0.3, -0.25) is 4.79 Å². The molecule has 0 aliphatic heterocycles. The van der Waals surface area contributed by atoms with Gasteiger partial charge in [0.2, 0.25) is 0 Å². The molecule has 0 fully saturated rings. The quantitative estimate of drug-likeness (QED) is 0.629. The van der Waals surface area contributed by atoms with Crippen molar-refractivity contribution >= 4 is 5.97 Å². The molecule has 1 unspecified atom stereocenters.